The van der Waals surface area contributed by atoms with Crippen molar-refractivity contribution in [1.29, 1.82) is 0 Å². The molecule has 0 spiro atoms. The lowest BCUT2D eigenvalue weighted by molar-refractivity contribution is 0.648. The molecule has 1 heterocycles. The predicted molar refractivity (Wildman–Crippen MR) is 67.3 cm³/mol. The Labute approximate surface area is 95.4 Å². The van der Waals surface area contributed by atoms with Gasteiger partial charge in [0.25, 0.3) is 0 Å². The van der Waals surface area contributed by atoms with Crippen LogP contribution in [-0.2, 0) is 6.42 Å². The van der Waals surface area contributed by atoms with Gasteiger partial charge in [-0.05, 0) is 30.0 Å². The molecule has 3 N–H and O–H groups in total. The third kappa shape index (κ3) is 2.33. The van der Waals surface area contributed by atoms with E-state index >= 15 is 0 Å². The molecular weight excluding hydrogens is 200 g/mol. The molecule has 1 aromatic heterocycles. The van der Waals surface area contributed by atoms with Gasteiger partial charge in [-0.2, -0.15) is 0 Å². The number of aromatic nitrogens is 2. The van der Waals surface area contributed by atoms with Crippen LogP contribution in [0.15, 0.2) is 18.2 Å². The van der Waals surface area contributed by atoms with Crippen molar-refractivity contribution in [3.05, 3.63) is 23.8 Å². The van der Waals surface area contributed by atoms with Crippen LogP contribution in [0.5, 0.6) is 0 Å². The maximum absolute atomic E-state index is 4.44. The second-order valence-electron chi connectivity index (χ2n) is 4.41. The van der Waals surface area contributed by atoms with E-state index < -0.39 is 0 Å². The van der Waals surface area contributed by atoms with Crippen LogP contribution in [0.3, 0.4) is 0 Å². The number of hydrazine groups is 1. The van der Waals surface area contributed by atoms with Gasteiger partial charge < -0.3 is 4.98 Å². The topological polar surface area (TPSA) is 52.7 Å². The molecule has 4 heteroatoms. The second-order valence-corrected chi connectivity index (χ2v) is 4.41. The summed E-state index contributed by atoms with van der Waals surface area (Å²) < 4.78 is 0. The Morgan fingerprint density at radius 2 is 2.19 bits per heavy atom. The Morgan fingerprint density at radius 1 is 1.38 bits per heavy atom. The summed E-state index contributed by atoms with van der Waals surface area (Å²) in [6, 6.07) is 6.39. The molecule has 2 rings (SSSR count). The normalized spacial score (nSPS) is 11.2. The molecule has 0 radical (unpaired) electrons. The zero-order valence-corrected chi connectivity index (χ0v) is 9.96. The van der Waals surface area contributed by atoms with Gasteiger partial charge in [-0.1, -0.05) is 19.9 Å². The van der Waals surface area contributed by atoms with Crippen molar-refractivity contribution in [2.45, 2.75) is 20.3 Å². The number of anilines is 1. The average Bonchev–Trinajstić information content (AvgIpc) is 2.59. The third-order valence-electron chi connectivity index (χ3n) is 2.43. The molecule has 4 nitrogen and oxygen atoms in total. The number of H-pyrrole nitrogens is 1. The van der Waals surface area contributed by atoms with E-state index in [1.165, 1.54) is 5.56 Å². The molecule has 0 unspecified atom stereocenters. The highest BCUT2D eigenvalue weighted by Crippen LogP contribution is 2.17. The smallest absolute Gasteiger partial charge is 0.215 e. The van der Waals surface area contributed by atoms with E-state index in [9.17, 15) is 0 Å². The lowest BCUT2D eigenvalue weighted by Crippen LogP contribution is -2.15. The molecule has 0 aliphatic carbocycles. The monoisotopic (exact) mass is 218 g/mol. The van der Waals surface area contributed by atoms with Crippen LogP contribution in [0.4, 0.5) is 5.95 Å². The first-order chi connectivity index (χ1) is 7.69. The minimum absolute atomic E-state index is 0.672. The summed E-state index contributed by atoms with van der Waals surface area (Å²) in [7, 11) is 1.82. The van der Waals surface area contributed by atoms with Crippen molar-refractivity contribution in [2.75, 3.05) is 12.5 Å². The highest BCUT2D eigenvalue weighted by molar-refractivity contribution is 5.78. The van der Waals surface area contributed by atoms with Crippen LogP contribution in [0, 0.1) is 5.92 Å². The molecule has 0 aliphatic heterocycles. The minimum atomic E-state index is 0.672. The van der Waals surface area contributed by atoms with Crippen molar-refractivity contribution in [3.8, 4) is 0 Å². The number of nitrogens with one attached hydrogen (secondary N) is 3. The first-order valence-corrected chi connectivity index (χ1v) is 5.60. The number of hydrogen-bond donors (Lipinski definition) is 3. The summed E-state index contributed by atoms with van der Waals surface area (Å²) in [5.41, 5.74) is 9.20. The van der Waals surface area contributed by atoms with Crippen LogP contribution in [0.1, 0.15) is 19.4 Å². The lowest BCUT2D eigenvalue weighted by Gasteiger charge is -2.03. The van der Waals surface area contributed by atoms with Gasteiger partial charge >= 0.3 is 0 Å². The Kier molecular flexibility index (Phi) is 3.10. The summed E-state index contributed by atoms with van der Waals surface area (Å²) in [5.74, 6) is 1.42. The number of rotatable bonds is 4. The van der Waals surface area contributed by atoms with E-state index in [4.69, 9.17) is 0 Å². The van der Waals surface area contributed by atoms with Gasteiger partial charge in [-0.15, -0.1) is 0 Å². The molecule has 2 aromatic rings. The molecule has 86 valence electrons. The number of nitrogens with zero attached hydrogens (tertiary/aromatic N) is 1. The third-order valence-corrected chi connectivity index (χ3v) is 2.43. The Hall–Kier alpha value is -1.55. The molecule has 0 bridgehead atoms. The number of aromatic amines is 1. The summed E-state index contributed by atoms with van der Waals surface area (Å²) in [4.78, 5) is 7.63. The molecule has 1 aromatic carbocycles. The standard InChI is InChI=1S/C12H18N4/c1-8(2)6-9-4-5-10-11(7-9)15-12(14-10)16-13-3/h4-5,7-8,13H,6H2,1-3H3,(H2,14,15,16). The quantitative estimate of drug-likeness (QED) is 0.690. The van der Waals surface area contributed by atoms with Crippen LogP contribution < -0.4 is 10.9 Å². The average molecular weight is 218 g/mol. The van der Waals surface area contributed by atoms with E-state index in [2.05, 4.69) is 52.9 Å². The van der Waals surface area contributed by atoms with Crippen molar-refractivity contribution in [2.24, 2.45) is 5.92 Å². The van der Waals surface area contributed by atoms with Crippen LogP contribution in [0.25, 0.3) is 11.0 Å². The minimum Gasteiger partial charge on any atom is -0.323 e. The molecule has 0 aliphatic rings. The van der Waals surface area contributed by atoms with Gasteiger partial charge in [-0.3, -0.25) is 5.43 Å². The number of hydrogen-bond acceptors (Lipinski definition) is 3. The molecule has 0 atom stereocenters. The van der Waals surface area contributed by atoms with Crippen molar-refractivity contribution < 1.29 is 0 Å². The fourth-order valence-corrected chi connectivity index (χ4v) is 1.83. The maximum Gasteiger partial charge on any atom is 0.215 e. The van der Waals surface area contributed by atoms with Gasteiger partial charge in [0.15, 0.2) is 0 Å². The van der Waals surface area contributed by atoms with E-state index in [1.54, 1.807) is 0 Å². The lowest BCUT2D eigenvalue weighted by atomic mass is 10.0. The summed E-state index contributed by atoms with van der Waals surface area (Å²) in [5, 5.41) is 0. The van der Waals surface area contributed by atoms with Crippen LogP contribution in [-0.4, -0.2) is 17.0 Å². The molecule has 0 amide bonds. The number of imidazole rings is 1. The molecule has 0 saturated heterocycles. The Balaban J connectivity index is 2.30. The van der Waals surface area contributed by atoms with E-state index in [-0.39, 0.29) is 0 Å². The fourth-order valence-electron chi connectivity index (χ4n) is 1.83. The molecular formula is C12H18N4. The van der Waals surface area contributed by atoms with E-state index in [0.717, 1.165) is 23.4 Å². The largest absolute Gasteiger partial charge is 0.323 e. The first-order valence-electron chi connectivity index (χ1n) is 5.60. The van der Waals surface area contributed by atoms with Gasteiger partial charge in [-0.25, -0.2) is 10.4 Å². The van der Waals surface area contributed by atoms with E-state index in [0.29, 0.717) is 5.92 Å². The van der Waals surface area contributed by atoms with Crippen molar-refractivity contribution in [3.63, 3.8) is 0 Å². The molecule has 0 fully saturated rings. The number of benzene rings is 1. The van der Waals surface area contributed by atoms with Gasteiger partial charge in [0.05, 0.1) is 11.0 Å². The van der Waals surface area contributed by atoms with Crippen molar-refractivity contribution >= 4 is 17.0 Å². The van der Waals surface area contributed by atoms with Crippen LogP contribution >= 0.6 is 0 Å². The van der Waals surface area contributed by atoms with Gasteiger partial charge in [0.2, 0.25) is 5.95 Å². The van der Waals surface area contributed by atoms with E-state index in [1.807, 2.05) is 7.05 Å². The predicted octanol–water partition coefficient (Wildman–Crippen LogP) is 2.31. The SMILES string of the molecule is CNNc1nc2cc(CC(C)C)ccc2[nH]1. The number of fused-ring (bicyclic) bond motifs is 1. The van der Waals surface area contributed by atoms with Gasteiger partial charge in [0, 0.05) is 7.05 Å². The second kappa shape index (κ2) is 4.53. The Bertz CT molecular complexity index is 473. The summed E-state index contributed by atoms with van der Waals surface area (Å²) in [6.07, 6.45) is 1.09. The van der Waals surface area contributed by atoms with Crippen LogP contribution in [0.2, 0.25) is 0 Å². The zero-order valence-electron chi connectivity index (χ0n) is 9.96. The fraction of sp³-hybridized carbons (Fsp3) is 0.417. The molecule has 16 heavy (non-hydrogen) atoms. The summed E-state index contributed by atoms with van der Waals surface area (Å²) in [6.45, 7) is 4.45. The van der Waals surface area contributed by atoms with Gasteiger partial charge in [0.1, 0.15) is 0 Å². The summed E-state index contributed by atoms with van der Waals surface area (Å²) >= 11 is 0. The highest BCUT2D eigenvalue weighted by atomic mass is 15.4. The zero-order chi connectivity index (χ0) is 11.5. The first kappa shape index (κ1) is 11.0. The molecule has 0 saturated carbocycles. The highest BCUT2D eigenvalue weighted by Gasteiger charge is 2.04. The Morgan fingerprint density at radius 3 is 2.88 bits per heavy atom. The van der Waals surface area contributed by atoms with Crippen molar-refractivity contribution in [1.82, 2.24) is 15.4 Å². The maximum atomic E-state index is 4.44.